The fraction of sp³-hybridized carbons (Fsp3) is 0.231. The Kier molecular flexibility index (Phi) is 4.41. The molecule has 106 valence electrons. The Morgan fingerprint density at radius 2 is 2.15 bits per heavy atom. The summed E-state index contributed by atoms with van der Waals surface area (Å²) in [6.45, 7) is 0.107. The van der Waals surface area contributed by atoms with E-state index in [0.29, 0.717) is 16.5 Å². The molecule has 0 aliphatic rings. The van der Waals surface area contributed by atoms with Crippen LogP contribution in [0.15, 0.2) is 23.7 Å². The molecule has 1 aromatic heterocycles. The number of rotatable bonds is 5. The molecule has 0 saturated heterocycles. The Labute approximate surface area is 120 Å². The lowest BCUT2D eigenvalue weighted by Gasteiger charge is -2.12. The molecule has 0 bridgehead atoms. The number of esters is 1. The van der Waals surface area contributed by atoms with Crippen molar-refractivity contribution in [2.45, 2.75) is 6.61 Å². The van der Waals surface area contributed by atoms with Crippen LogP contribution in [0.25, 0.3) is 0 Å². The minimum absolute atomic E-state index is 0.107. The van der Waals surface area contributed by atoms with Crippen molar-refractivity contribution >= 4 is 23.0 Å². The summed E-state index contributed by atoms with van der Waals surface area (Å²) in [6, 6.07) is 3.12. The summed E-state index contributed by atoms with van der Waals surface area (Å²) < 4.78 is 15.4. The van der Waals surface area contributed by atoms with E-state index in [9.17, 15) is 4.79 Å². The molecule has 7 heteroatoms. The van der Waals surface area contributed by atoms with E-state index < -0.39 is 5.97 Å². The van der Waals surface area contributed by atoms with Gasteiger partial charge in [0, 0.05) is 17.6 Å². The van der Waals surface area contributed by atoms with Gasteiger partial charge in [-0.05, 0) is 6.07 Å². The Bertz CT molecular complexity index is 599. The smallest absolute Gasteiger partial charge is 0.340 e. The minimum Gasteiger partial charge on any atom is -0.497 e. The van der Waals surface area contributed by atoms with Crippen molar-refractivity contribution < 1.29 is 19.0 Å². The third kappa shape index (κ3) is 3.00. The fourth-order valence-electron chi connectivity index (χ4n) is 1.59. The minimum atomic E-state index is -0.546. The van der Waals surface area contributed by atoms with E-state index in [1.165, 1.54) is 31.6 Å². The van der Waals surface area contributed by atoms with Crippen molar-refractivity contribution in [1.29, 1.82) is 0 Å². The molecule has 20 heavy (non-hydrogen) atoms. The molecule has 0 radical (unpaired) electrons. The van der Waals surface area contributed by atoms with E-state index in [2.05, 4.69) is 4.98 Å². The lowest BCUT2D eigenvalue weighted by atomic mass is 10.1. The highest BCUT2D eigenvalue weighted by atomic mass is 32.1. The van der Waals surface area contributed by atoms with Gasteiger partial charge in [0.05, 0.1) is 25.5 Å². The second-order valence-electron chi connectivity index (χ2n) is 3.79. The molecule has 2 N–H and O–H groups in total. The molecule has 0 unspecified atom stereocenters. The van der Waals surface area contributed by atoms with Crippen LogP contribution in [0.2, 0.25) is 0 Å². The topological polar surface area (TPSA) is 83.7 Å². The Morgan fingerprint density at radius 1 is 1.35 bits per heavy atom. The Hall–Kier alpha value is -2.28. The predicted molar refractivity (Wildman–Crippen MR) is 75.2 cm³/mol. The summed E-state index contributed by atoms with van der Waals surface area (Å²) in [5.41, 5.74) is 6.30. The largest absolute Gasteiger partial charge is 0.497 e. The molecule has 0 aliphatic carbocycles. The van der Waals surface area contributed by atoms with Gasteiger partial charge in [-0.25, -0.2) is 9.78 Å². The summed E-state index contributed by atoms with van der Waals surface area (Å²) in [6.07, 6.45) is 1.65. The zero-order valence-electron chi connectivity index (χ0n) is 11.1. The zero-order chi connectivity index (χ0) is 14.5. The number of anilines is 1. The van der Waals surface area contributed by atoms with E-state index in [1.807, 2.05) is 5.38 Å². The second-order valence-corrected chi connectivity index (χ2v) is 4.77. The number of ether oxygens (including phenoxy) is 3. The number of carbonyl (C=O) groups excluding carboxylic acids is 1. The first-order valence-corrected chi connectivity index (χ1v) is 6.60. The van der Waals surface area contributed by atoms with Gasteiger partial charge in [-0.2, -0.15) is 0 Å². The molecule has 0 amide bonds. The number of methoxy groups -OCH3 is 2. The number of nitrogens with zero attached hydrogens (tertiary/aromatic N) is 1. The molecule has 0 atom stereocenters. The van der Waals surface area contributed by atoms with Crippen molar-refractivity contribution in [1.82, 2.24) is 4.98 Å². The fourth-order valence-corrected chi connectivity index (χ4v) is 2.11. The van der Waals surface area contributed by atoms with E-state index in [-0.39, 0.29) is 17.9 Å². The van der Waals surface area contributed by atoms with Gasteiger partial charge in [0.25, 0.3) is 0 Å². The van der Waals surface area contributed by atoms with Crippen molar-refractivity contribution in [2.24, 2.45) is 0 Å². The van der Waals surface area contributed by atoms with Crippen LogP contribution in [-0.4, -0.2) is 25.2 Å². The maximum absolute atomic E-state index is 12.1. The van der Waals surface area contributed by atoms with Crippen LogP contribution in [0, 0.1) is 0 Å². The quantitative estimate of drug-likeness (QED) is 0.671. The lowest BCUT2D eigenvalue weighted by molar-refractivity contribution is 0.0473. The number of aromatic nitrogens is 1. The van der Waals surface area contributed by atoms with Gasteiger partial charge in [-0.15, -0.1) is 11.3 Å². The molecule has 6 nitrogen and oxygen atoms in total. The average molecular weight is 294 g/mol. The molecule has 1 aromatic carbocycles. The van der Waals surface area contributed by atoms with Gasteiger partial charge < -0.3 is 19.9 Å². The predicted octanol–water partition coefficient (Wildman–Crippen LogP) is 2.10. The van der Waals surface area contributed by atoms with E-state index in [1.54, 1.807) is 12.3 Å². The highest BCUT2D eigenvalue weighted by Crippen LogP contribution is 2.31. The van der Waals surface area contributed by atoms with Gasteiger partial charge in [-0.1, -0.05) is 0 Å². The highest BCUT2D eigenvalue weighted by Gasteiger charge is 2.17. The maximum atomic E-state index is 12.1. The molecule has 0 aliphatic heterocycles. The van der Waals surface area contributed by atoms with E-state index in [4.69, 9.17) is 19.9 Å². The van der Waals surface area contributed by atoms with Crippen molar-refractivity contribution in [2.75, 3.05) is 20.0 Å². The molecular weight excluding hydrogens is 280 g/mol. The zero-order valence-corrected chi connectivity index (χ0v) is 11.9. The monoisotopic (exact) mass is 294 g/mol. The van der Waals surface area contributed by atoms with Crippen LogP contribution in [0.5, 0.6) is 11.5 Å². The maximum Gasteiger partial charge on any atom is 0.340 e. The van der Waals surface area contributed by atoms with Crippen LogP contribution in [0.3, 0.4) is 0 Å². The first-order chi connectivity index (χ1) is 9.65. The van der Waals surface area contributed by atoms with Gasteiger partial charge in [-0.3, -0.25) is 0 Å². The first-order valence-electron chi connectivity index (χ1n) is 5.72. The number of benzene rings is 1. The number of nitrogen functional groups attached to an aromatic ring is 1. The molecule has 0 saturated carbocycles. The van der Waals surface area contributed by atoms with Crippen LogP contribution >= 0.6 is 11.3 Å². The second kappa shape index (κ2) is 6.25. The standard InChI is InChI=1S/C13H14N2O4S/c1-17-8-5-9(12(14)10(6-8)18-2)13(16)19-7-11-15-3-4-20-11/h3-6H,7,14H2,1-2H3. The van der Waals surface area contributed by atoms with E-state index >= 15 is 0 Å². The molecule has 2 rings (SSSR count). The van der Waals surface area contributed by atoms with Gasteiger partial charge in [0.15, 0.2) is 0 Å². The number of hydrogen-bond acceptors (Lipinski definition) is 7. The normalized spacial score (nSPS) is 10.1. The van der Waals surface area contributed by atoms with E-state index in [0.717, 1.165) is 0 Å². The Balaban J connectivity index is 2.20. The molecule has 1 heterocycles. The Morgan fingerprint density at radius 3 is 2.75 bits per heavy atom. The number of thiazole rings is 1. The van der Waals surface area contributed by atoms with Gasteiger partial charge in [0.1, 0.15) is 23.1 Å². The third-order valence-corrected chi connectivity index (χ3v) is 3.35. The summed E-state index contributed by atoms with van der Waals surface area (Å²) >= 11 is 1.41. The average Bonchev–Trinajstić information content (AvgIpc) is 2.98. The summed E-state index contributed by atoms with van der Waals surface area (Å²) in [5.74, 6) is 0.290. The lowest BCUT2D eigenvalue weighted by Crippen LogP contribution is -2.09. The van der Waals surface area contributed by atoms with Gasteiger partial charge >= 0.3 is 5.97 Å². The summed E-state index contributed by atoms with van der Waals surface area (Å²) in [7, 11) is 2.96. The molecular formula is C13H14N2O4S. The van der Waals surface area contributed by atoms with Crippen molar-refractivity contribution in [3.05, 3.63) is 34.3 Å². The number of carbonyl (C=O) groups is 1. The van der Waals surface area contributed by atoms with Crippen molar-refractivity contribution in [3.8, 4) is 11.5 Å². The van der Waals surface area contributed by atoms with Crippen molar-refractivity contribution in [3.63, 3.8) is 0 Å². The van der Waals surface area contributed by atoms with Gasteiger partial charge in [0.2, 0.25) is 0 Å². The summed E-state index contributed by atoms with van der Waals surface area (Å²) in [5, 5.41) is 2.53. The SMILES string of the molecule is COc1cc(OC)c(N)c(C(=O)OCc2nccs2)c1. The van der Waals surface area contributed by atoms with Crippen LogP contribution in [-0.2, 0) is 11.3 Å². The summed E-state index contributed by atoms with van der Waals surface area (Å²) in [4.78, 5) is 16.1. The molecule has 2 aromatic rings. The first kappa shape index (κ1) is 14.1. The van der Waals surface area contributed by atoms with Crippen LogP contribution < -0.4 is 15.2 Å². The number of nitrogens with two attached hydrogens (primary N) is 1. The highest BCUT2D eigenvalue weighted by molar-refractivity contribution is 7.09. The molecule has 0 spiro atoms. The third-order valence-electron chi connectivity index (χ3n) is 2.60. The van der Waals surface area contributed by atoms with Crippen LogP contribution in [0.1, 0.15) is 15.4 Å². The number of hydrogen-bond donors (Lipinski definition) is 1. The van der Waals surface area contributed by atoms with Crippen LogP contribution in [0.4, 0.5) is 5.69 Å². The molecule has 0 fully saturated rings.